The van der Waals surface area contributed by atoms with Crippen molar-refractivity contribution < 1.29 is 4.74 Å². The molecular formula is C14H18N4OS. The first kappa shape index (κ1) is 13.5. The van der Waals surface area contributed by atoms with Crippen LogP contribution >= 0.6 is 11.3 Å². The van der Waals surface area contributed by atoms with Gasteiger partial charge in [-0.3, -0.25) is 0 Å². The molecule has 1 unspecified atom stereocenters. The molecule has 3 rings (SSSR count). The number of aryl methyl sites for hydroxylation is 1. The molecule has 1 N–H and O–H groups in total. The van der Waals surface area contributed by atoms with Crippen LogP contribution in [0.15, 0.2) is 12.1 Å². The Balaban J connectivity index is 1.91. The van der Waals surface area contributed by atoms with E-state index in [1.165, 1.54) is 23.4 Å². The van der Waals surface area contributed by atoms with E-state index in [0.717, 1.165) is 23.7 Å². The minimum atomic E-state index is 0.528. The van der Waals surface area contributed by atoms with Gasteiger partial charge in [0.05, 0.1) is 12.8 Å². The van der Waals surface area contributed by atoms with Crippen LogP contribution in [-0.2, 0) is 6.42 Å². The fraction of sp³-hybridized carbons (Fsp3) is 0.500. The van der Waals surface area contributed by atoms with Gasteiger partial charge < -0.3 is 10.1 Å². The molecule has 5 nitrogen and oxygen atoms in total. The zero-order valence-corrected chi connectivity index (χ0v) is 12.5. The molecule has 0 aliphatic heterocycles. The summed E-state index contributed by atoms with van der Waals surface area (Å²) in [5.41, 5.74) is 2.08. The third-order valence-corrected chi connectivity index (χ3v) is 4.74. The quantitative estimate of drug-likeness (QED) is 0.936. The second kappa shape index (κ2) is 5.85. The molecule has 0 spiro atoms. The van der Waals surface area contributed by atoms with Crippen molar-refractivity contribution in [2.24, 2.45) is 0 Å². The molecule has 0 radical (unpaired) electrons. The monoisotopic (exact) mass is 290 g/mol. The van der Waals surface area contributed by atoms with Crippen LogP contribution in [0, 0.1) is 0 Å². The Kier molecular flexibility index (Phi) is 3.93. The van der Waals surface area contributed by atoms with Gasteiger partial charge in [0.15, 0.2) is 0 Å². The maximum Gasteiger partial charge on any atom is 0.233 e. The van der Waals surface area contributed by atoms with Crippen LogP contribution in [0.3, 0.4) is 0 Å². The van der Waals surface area contributed by atoms with Gasteiger partial charge in [-0.05, 0) is 32.4 Å². The summed E-state index contributed by atoms with van der Waals surface area (Å²) in [6.45, 7) is 0.991. The molecule has 20 heavy (non-hydrogen) atoms. The van der Waals surface area contributed by atoms with Gasteiger partial charge in [0.2, 0.25) is 5.88 Å². The van der Waals surface area contributed by atoms with E-state index in [-0.39, 0.29) is 0 Å². The van der Waals surface area contributed by atoms with E-state index in [1.54, 1.807) is 18.4 Å². The summed E-state index contributed by atoms with van der Waals surface area (Å²) in [5, 5.41) is 12.4. The fourth-order valence-electron chi connectivity index (χ4n) is 2.61. The number of hydrogen-bond acceptors (Lipinski definition) is 6. The number of aromatic nitrogens is 3. The number of methoxy groups -OCH3 is 1. The number of likely N-dealkylation sites (N-methyl/N-ethyl adjacent to an activating group) is 1. The Morgan fingerprint density at radius 2 is 2.30 bits per heavy atom. The Morgan fingerprint density at radius 1 is 1.40 bits per heavy atom. The van der Waals surface area contributed by atoms with E-state index in [9.17, 15) is 0 Å². The van der Waals surface area contributed by atoms with Crippen LogP contribution in [0.25, 0.3) is 10.7 Å². The average molecular weight is 290 g/mol. The lowest BCUT2D eigenvalue weighted by molar-refractivity contribution is 0.392. The van der Waals surface area contributed by atoms with Gasteiger partial charge in [0, 0.05) is 23.4 Å². The molecule has 0 amide bonds. The van der Waals surface area contributed by atoms with Crippen LogP contribution in [0.2, 0.25) is 0 Å². The van der Waals surface area contributed by atoms with Crippen LogP contribution < -0.4 is 10.1 Å². The topological polar surface area (TPSA) is 59.9 Å². The average Bonchev–Trinajstić information content (AvgIpc) is 2.93. The number of fused-ring (bicyclic) bond motifs is 1. The summed E-state index contributed by atoms with van der Waals surface area (Å²) in [6, 6.07) is 3.75. The van der Waals surface area contributed by atoms with Gasteiger partial charge in [-0.15, -0.1) is 21.5 Å². The Labute approximate surface area is 122 Å². The summed E-state index contributed by atoms with van der Waals surface area (Å²) < 4.78 is 5.04. The molecular weight excluding hydrogens is 272 g/mol. The van der Waals surface area contributed by atoms with Gasteiger partial charge in [0.25, 0.3) is 0 Å². The van der Waals surface area contributed by atoms with Crippen molar-refractivity contribution in [2.75, 3.05) is 20.7 Å². The van der Waals surface area contributed by atoms with Gasteiger partial charge >= 0.3 is 0 Å². The van der Waals surface area contributed by atoms with Crippen molar-refractivity contribution in [3.8, 4) is 16.6 Å². The predicted molar refractivity (Wildman–Crippen MR) is 79.3 cm³/mol. The van der Waals surface area contributed by atoms with Gasteiger partial charge in [-0.2, -0.15) is 0 Å². The van der Waals surface area contributed by atoms with Crippen LogP contribution in [0.1, 0.15) is 29.3 Å². The van der Waals surface area contributed by atoms with E-state index < -0.39 is 0 Å². The molecule has 1 atom stereocenters. The van der Waals surface area contributed by atoms with E-state index in [1.807, 2.05) is 19.2 Å². The minimum absolute atomic E-state index is 0.528. The molecule has 1 aliphatic carbocycles. The second-order valence-electron chi connectivity index (χ2n) is 4.94. The highest BCUT2D eigenvalue weighted by atomic mass is 32.1. The van der Waals surface area contributed by atoms with Crippen molar-refractivity contribution in [3.63, 3.8) is 0 Å². The number of nitrogens with zero attached hydrogens (tertiary/aromatic N) is 3. The summed E-state index contributed by atoms with van der Waals surface area (Å²) >= 11 is 1.75. The van der Waals surface area contributed by atoms with E-state index in [2.05, 4.69) is 15.5 Å². The lowest BCUT2D eigenvalue weighted by Gasteiger charge is -2.20. The zero-order valence-electron chi connectivity index (χ0n) is 11.7. The highest BCUT2D eigenvalue weighted by Crippen LogP contribution is 2.37. The maximum absolute atomic E-state index is 5.04. The van der Waals surface area contributed by atoms with Crippen molar-refractivity contribution in [3.05, 3.63) is 22.7 Å². The number of thiazole rings is 1. The summed E-state index contributed by atoms with van der Waals surface area (Å²) in [7, 11) is 3.59. The standard InChI is InChI=1S/C14H18N4OS/c1-15-8-9-4-3-5-11-13(9)16-14(20-11)10-6-7-12(19-2)18-17-10/h6-7,9,15H,3-5,8H2,1-2H3. The molecule has 106 valence electrons. The molecule has 0 fully saturated rings. The Morgan fingerprint density at radius 3 is 3.00 bits per heavy atom. The fourth-order valence-corrected chi connectivity index (χ4v) is 3.76. The van der Waals surface area contributed by atoms with Gasteiger partial charge in [-0.25, -0.2) is 4.98 Å². The third-order valence-electron chi connectivity index (χ3n) is 3.59. The number of ether oxygens (including phenoxy) is 1. The van der Waals surface area contributed by atoms with Crippen molar-refractivity contribution in [1.29, 1.82) is 0 Å². The Hall–Kier alpha value is -1.53. The maximum atomic E-state index is 5.04. The van der Waals surface area contributed by atoms with Crippen LogP contribution in [0.4, 0.5) is 0 Å². The van der Waals surface area contributed by atoms with Crippen molar-refractivity contribution >= 4 is 11.3 Å². The third kappa shape index (κ3) is 2.53. The molecule has 1 aliphatic rings. The summed E-state index contributed by atoms with van der Waals surface area (Å²) in [5.74, 6) is 1.06. The molecule has 0 aromatic carbocycles. The SMILES string of the molecule is CNCC1CCCc2sc(-c3ccc(OC)nn3)nc21. The lowest BCUT2D eigenvalue weighted by Crippen LogP contribution is -2.20. The molecule has 2 aromatic heterocycles. The first-order valence-electron chi connectivity index (χ1n) is 6.84. The summed E-state index contributed by atoms with van der Waals surface area (Å²) in [6.07, 6.45) is 3.59. The number of nitrogens with one attached hydrogen (secondary N) is 1. The highest BCUT2D eigenvalue weighted by Gasteiger charge is 2.24. The summed E-state index contributed by atoms with van der Waals surface area (Å²) in [4.78, 5) is 6.22. The normalized spacial score (nSPS) is 17.8. The van der Waals surface area contributed by atoms with E-state index >= 15 is 0 Å². The van der Waals surface area contributed by atoms with Gasteiger partial charge in [0.1, 0.15) is 10.7 Å². The molecule has 0 bridgehead atoms. The van der Waals surface area contributed by atoms with Crippen molar-refractivity contribution in [1.82, 2.24) is 20.5 Å². The second-order valence-corrected chi connectivity index (χ2v) is 6.02. The smallest absolute Gasteiger partial charge is 0.233 e. The molecule has 6 heteroatoms. The lowest BCUT2D eigenvalue weighted by atomic mass is 9.91. The zero-order chi connectivity index (χ0) is 13.9. The molecule has 0 saturated heterocycles. The van der Waals surface area contributed by atoms with Crippen molar-refractivity contribution in [2.45, 2.75) is 25.2 Å². The minimum Gasteiger partial charge on any atom is -0.480 e. The number of hydrogen-bond donors (Lipinski definition) is 1. The van der Waals surface area contributed by atoms with Gasteiger partial charge in [-0.1, -0.05) is 0 Å². The van der Waals surface area contributed by atoms with Crippen LogP contribution in [-0.4, -0.2) is 35.9 Å². The molecule has 2 aromatic rings. The molecule has 2 heterocycles. The first-order valence-corrected chi connectivity index (χ1v) is 7.65. The van der Waals surface area contributed by atoms with E-state index in [4.69, 9.17) is 9.72 Å². The van der Waals surface area contributed by atoms with Crippen LogP contribution in [0.5, 0.6) is 5.88 Å². The Bertz CT molecular complexity index is 581. The van der Waals surface area contributed by atoms with E-state index in [0.29, 0.717) is 11.8 Å². The largest absolute Gasteiger partial charge is 0.480 e. The first-order chi connectivity index (χ1) is 9.81. The highest BCUT2D eigenvalue weighted by molar-refractivity contribution is 7.15. The molecule has 0 saturated carbocycles. The predicted octanol–water partition coefficient (Wildman–Crippen LogP) is 2.25. The number of rotatable bonds is 4.